The highest BCUT2D eigenvalue weighted by molar-refractivity contribution is 5.78. The first kappa shape index (κ1) is 20.7. The van der Waals surface area contributed by atoms with Gasteiger partial charge in [-0.25, -0.2) is 9.97 Å². The highest BCUT2D eigenvalue weighted by Crippen LogP contribution is 2.26. The molecule has 0 saturated carbocycles. The molecule has 2 aliphatic heterocycles. The molecule has 160 valence electrons. The van der Waals surface area contributed by atoms with Crippen molar-refractivity contribution in [1.82, 2.24) is 25.2 Å². The van der Waals surface area contributed by atoms with Crippen molar-refractivity contribution in [3.63, 3.8) is 0 Å². The van der Waals surface area contributed by atoms with E-state index < -0.39 is 0 Å². The number of nitrogens with one attached hydrogen (secondary N) is 1. The number of likely N-dealkylation sites (tertiary alicyclic amines) is 1. The predicted octanol–water partition coefficient (Wildman–Crippen LogP) is 2.43. The van der Waals surface area contributed by atoms with E-state index in [-0.39, 0.29) is 11.8 Å². The van der Waals surface area contributed by atoms with Crippen LogP contribution in [0.3, 0.4) is 0 Å². The third-order valence-electron chi connectivity index (χ3n) is 6.37. The Labute approximate surface area is 178 Å². The van der Waals surface area contributed by atoms with Crippen LogP contribution in [-0.2, 0) is 17.8 Å². The van der Waals surface area contributed by atoms with E-state index in [1.165, 1.54) is 0 Å². The van der Waals surface area contributed by atoms with Crippen LogP contribution in [-0.4, -0.2) is 58.0 Å². The van der Waals surface area contributed by atoms with Gasteiger partial charge in [0, 0.05) is 43.6 Å². The van der Waals surface area contributed by atoms with Gasteiger partial charge in [-0.3, -0.25) is 14.7 Å². The molecule has 1 N–H and O–H groups in total. The van der Waals surface area contributed by atoms with Crippen LogP contribution in [0.4, 0.5) is 5.82 Å². The van der Waals surface area contributed by atoms with Gasteiger partial charge in [-0.15, -0.1) is 0 Å². The summed E-state index contributed by atoms with van der Waals surface area (Å²) in [5, 5.41) is 3.08. The molecule has 7 nitrogen and oxygen atoms in total. The van der Waals surface area contributed by atoms with E-state index in [0.29, 0.717) is 12.6 Å². The Morgan fingerprint density at radius 3 is 2.73 bits per heavy atom. The van der Waals surface area contributed by atoms with E-state index in [4.69, 9.17) is 0 Å². The Morgan fingerprint density at radius 1 is 1.10 bits per heavy atom. The average molecular weight is 409 g/mol. The van der Waals surface area contributed by atoms with Crippen LogP contribution in [0.15, 0.2) is 36.8 Å². The van der Waals surface area contributed by atoms with Crippen LogP contribution in [0.5, 0.6) is 0 Å². The number of carbonyl (C=O) groups excluding carboxylic acids is 1. The SMILES string of the molecule is CCc1cc(N2CCC(N3CCC[C@H](C(=O)NCc4ccccn4)C3)CC2)ncn1. The number of aromatic nitrogens is 3. The summed E-state index contributed by atoms with van der Waals surface area (Å²) in [6, 6.07) is 8.46. The maximum atomic E-state index is 12.7. The predicted molar refractivity (Wildman–Crippen MR) is 117 cm³/mol. The van der Waals surface area contributed by atoms with Gasteiger partial charge in [-0.05, 0) is 50.8 Å². The summed E-state index contributed by atoms with van der Waals surface area (Å²) in [6.07, 6.45) is 8.68. The zero-order valence-electron chi connectivity index (χ0n) is 17.8. The Kier molecular flexibility index (Phi) is 6.89. The maximum absolute atomic E-state index is 12.7. The minimum Gasteiger partial charge on any atom is -0.356 e. The summed E-state index contributed by atoms with van der Waals surface area (Å²) in [5.41, 5.74) is 2.00. The van der Waals surface area contributed by atoms with Gasteiger partial charge in [0.1, 0.15) is 12.1 Å². The Morgan fingerprint density at radius 2 is 1.97 bits per heavy atom. The van der Waals surface area contributed by atoms with Crippen LogP contribution in [0, 0.1) is 5.92 Å². The van der Waals surface area contributed by atoms with Crippen molar-refractivity contribution in [2.75, 3.05) is 31.1 Å². The molecule has 0 aromatic carbocycles. The van der Waals surface area contributed by atoms with Crippen molar-refractivity contribution in [3.05, 3.63) is 48.2 Å². The number of anilines is 1. The second-order valence-electron chi connectivity index (χ2n) is 8.31. The highest BCUT2D eigenvalue weighted by atomic mass is 16.1. The van der Waals surface area contributed by atoms with Gasteiger partial charge in [0.15, 0.2) is 0 Å². The molecule has 7 heteroatoms. The number of nitrogens with zero attached hydrogens (tertiary/aromatic N) is 5. The first-order valence-corrected chi connectivity index (χ1v) is 11.2. The first-order valence-electron chi connectivity index (χ1n) is 11.2. The molecular weight excluding hydrogens is 376 g/mol. The van der Waals surface area contributed by atoms with E-state index in [9.17, 15) is 4.79 Å². The fourth-order valence-corrected chi connectivity index (χ4v) is 4.59. The summed E-state index contributed by atoms with van der Waals surface area (Å²) in [7, 11) is 0. The van der Waals surface area contributed by atoms with E-state index in [0.717, 1.165) is 75.5 Å². The maximum Gasteiger partial charge on any atom is 0.224 e. The standard InChI is InChI=1S/C23H32N6O/c1-2-19-14-22(27-17-26-19)28-12-8-21(9-13-28)29-11-5-6-18(16-29)23(30)25-15-20-7-3-4-10-24-20/h3-4,7,10,14,17-18,21H,2,5-6,8-9,11-13,15-16H2,1H3,(H,25,30)/t18-/m0/s1. The van der Waals surface area contributed by atoms with Crippen molar-refractivity contribution in [2.24, 2.45) is 5.92 Å². The number of carbonyl (C=O) groups is 1. The van der Waals surface area contributed by atoms with Crippen LogP contribution < -0.4 is 10.2 Å². The molecule has 4 heterocycles. The largest absolute Gasteiger partial charge is 0.356 e. The van der Waals surface area contributed by atoms with E-state index >= 15 is 0 Å². The number of rotatable bonds is 6. The van der Waals surface area contributed by atoms with Crippen LogP contribution in [0.25, 0.3) is 0 Å². The van der Waals surface area contributed by atoms with Gasteiger partial charge in [-0.1, -0.05) is 13.0 Å². The summed E-state index contributed by atoms with van der Waals surface area (Å²) in [4.78, 5) is 30.7. The van der Waals surface area contributed by atoms with E-state index in [2.05, 4.69) is 43.1 Å². The quantitative estimate of drug-likeness (QED) is 0.791. The summed E-state index contributed by atoms with van der Waals surface area (Å²) < 4.78 is 0. The molecule has 1 atom stereocenters. The molecule has 1 amide bonds. The molecule has 0 spiro atoms. The molecule has 2 aliphatic rings. The second kappa shape index (κ2) is 9.98. The molecule has 0 bridgehead atoms. The zero-order valence-corrected chi connectivity index (χ0v) is 17.8. The molecular formula is C23H32N6O. The lowest BCUT2D eigenvalue weighted by Crippen LogP contribution is -2.51. The minimum atomic E-state index is 0.0782. The molecule has 30 heavy (non-hydrogen) atoms. The summed E-state index contributed by atoms with van der Waals surface area (Å²) in [5.74, 6) is 1.29. The molecule has 2 aromatic rings. The molecule has 4 rings (SSSR count). The third kappa shape index (κ3) is 5.14. The summed E-state index contributed by atoms with van der Waals surface area (Å²) in [6.45, 7) is 6.62. The molecule has 0 aliphatic carbocycles. The number of pyridine rings is 1. The molecule has 0 unspecified atom stereocenters. The molecule has 2 saturated heterocycles. The van der Waals surface area contributed by atoms with Gasteiger partial charge >= 0.3 is 0 Å². The molecule has 0 radical (unpaired) electrons. The van der Waals surface area contributed by atoms with E-state index in [1.54, 1.807) is 12.5 Å². The van der Waals surface area contributed by atoms with Gasteiger partial charge in [0.05, 0.1) is 18.2 Å². The lowest BCUT2D eigenvalue weighted by atomic mass is 9.93. The van der Waals surface area contributed by atoms with Crippen molar-refractivity contribution < 1.29 is 4.79 Å². The normalized spacial score (nSPS) is 20.8. The number of hydrogen-bond acceptors (Lipinski definition) is 6. The number of hydrogen-bond donors (Lipinski definition) is 1. The Balaban J connectivity index is 1.27. The fraction of sp³-hybridized carbons (Fsp3) is 0.565. The van der Waals surface area contributed by atoms with Crippen molar-refractivity contribution in [1.29, 1.82) is 0 Å². The van der Waals surface area contributed by atoms with Crippen LogP contribution >= 0.6 is 0 Å². The van der Waals surface area contributed by atoms with Crippen molar-refractivity contribution in [2.45, 2.75) is 51.6 Å². The van der Waals surface area contributed by atoms with Gasteiger partial charge < -0.3 is 10.2 Å². The number of amides is 1. The first-order chi connectivity index (χ1) is 14.7. The lowest BCUT2D eigenvalue weighted by molar-refractivity contribution is -0.127. The topological polar surface area (TPSA) is 74.2 Å². The number of piperidine rings is 2. The molecule has 2 aromatic heterocycles. The smallest absolute Gasteiger partial charge is 0.224 e. The third-order valence-corrected chi connectivity index (χ3v) is 6.37. The monoisotopic (exact) mass is 408 g/mol. The average Bonchev–Trinajstić information content (AvgIpc) is 2.83. The van der Waals surface area contributed by atoms with E-state index in [1.807, 2.05) is 18.2 Å². The minimum absolute atomic E-state index is 0.0782. The fourth-order valence-electron chi connectivity index (χ4n) is 4.59. The van der Waals surface area contributed by atoms with Crippen molar-refractivity contribution in [3.8, 4) is 0 Å². The Hall–Kier alpha value is -2.54. The molecule has 2 fully saturated rings. The lowest BCUT2D eigenvalue weighted by Gasteiger charge is -2.42. The zero-order chi connectivity index (χ0) is 20.8. The Bertz CT molecular complexity index is 821. The van der Waals surface area contributed by atoms with Crippen LogP contribution in [0.1, 0.15) is 44.0 Å². The second-order valence-corrected chi connectivity index (χ2v) is 8.31. The van der Waals surface area contributed by atoms with Gasteiger partial charge in [-0.2, -0.15) is 0 Å². The van der Waals surface area contributed by atoms with Crippen molar-refractivity contribution >= 4 is 11.7 Å². The van der Waals surface area contributed by atoms with Gasteiger partial charge in [0.2, 0.25) is 5.91 Å². The number of aryl methyl sites for hydroxylation is 1. The summed E-state index contributed by atoms with van der Waals surface area (Å²) >= 11 is 0. The van der Waals surface area contributed by atoms with Gasteiger partial charge in [0.25, 0.3) is 0 Å². The highest BCUT2D eigenvalue weighted by Gasteiger charge is 2.31. The van der Waals surface area contributed by atoms with Crippen LogP contribution in [0.2, 0.25) is 0 Å².